The molecule has 4 rings (SSSR count). The fourth-order valence-electron chi connectivity index (χ4n) is 5.46. The third-order valence-corrected chi connectivity index (χ3v) is 8.42. The van der Waals surface area contributed by atoms with E-state index in [0.717, 1.165) is 18.7 Å². The summed E-state index contributed by atoms with van der Waals surface area (Å²) < 4.78 is 28.1. The third kappa shape index (κ3) is 4.53. The van der Waals surface area contributed by atoms with Gasteiger partial charge in [0.15, 0.2) is 0 Å². The number of hydrogen-bond acceptors (Lipinski definition) is 5. The molecule has 0 bridgehead atoms. The Kier molecular flexibility index (Phi) is 6.29. The molecule has 4 N–H and O–H groups in total. The van der Waals surface area contributed by atoms with Gasteiger partial charge in [0.25, 0.3) is 10.0 Å². The molecule has 172 valence electrons. The van der Waals surface area contributed by atoms with E-state index in [0.29, 0.717) is 35.4 Å². The number of fused-ring (bicyclic) bond motifs is 1. The average molecular weight is 457 g/mol. The lowest BCUT2D eigenvalue weighted by molar-refractivity contribution is 0.122. The summed E-state index contributed by atoms with van der Waals surface area (Å²) in [6.07, 6.45) is 0. The molecule has 2 aliphatic rings. The molecule has 0 radical (unpaired) electrons. The van der Waals surface area contributed by atoms with Gasteiger partial charge in [-0.25, -0.2) is 13.1 Å². The van der Waals surface area contributed by atoms with Crippen LogP contribution in [0.5, 0.6) is 0 Å². The molecule has 0 spiro atoms. The van der Waals surface area contributed by atoms with Gasteiger partial charge in [-0.1, -0.05) is 48.0 Å². The van der Waals surface area contributed by atoms with E-state index in [2.05, 4.69) is 26.7 Å². The second-order valence-electron chi connectivity index (χ2n) is 9.13. The predicted molar refractivity (Wildman–Crippen MR) is 126 cm³/mol. The van der Waals surface area contributed by atoms with Gasteiger partial charge in [-0.3, -0.25) is 9.89 Å². The van der Waals surface area contributed by atoms with Crippen LogP contribution in [0.15, 0.2) is 52.4 Å². The highest BCUT2D eigenvalue weighted by Gasteiger charge is 2.60. The standard InChI is InChI=1S/C24H32N4O3S/c1-15-9-16(2)23(17(3)10-15)32(30,31)27-24(25)26-11-19-20-13-28(21(14-29)22(19)20)12-18-7-5-4-6-8-18/h4-10,19-22,29H,11-14H2,1-3H3,(H3,25,26,27)/t19-,20-,21-,22+/m1/s1. The number of aryl methyl sites for hydroxylation is 3. The number of piperidine rings is 1. The van der Waals surface area contributed by atoms with E-state index in [-0.39, 0.29) is 23.5 Å². The first-order valence-electron chi connectivity index (χ1n) is 11.0. The first kappa shape index (κ1) is 22.8. The van der Waals surface area contributed by atoms with Crippen molar-refractivity contribution < 1.29 is 13.5 Å². The van der Waals surface area contributed by atoms with Gasteiger partial charge in [-0.05, 0) is 55.2 Å². The van der Waals surface area contributed by atoms with Gasteiger partial charge in [0.2, 0.25) is 5.96 Å². The minimum absolute atomic E-state index is 0.0870. The SMILES string of the molecule is Cc1cc(C)c(S(=O)(=O)NC(N)=NC[C@@H]2[C@H]3CN(Cc4ccccc4)[C@H](CO)[C@@H]23)c(C)c1. The zero-order valence-corrected chi connectivity index (χ0v) is 19.6. The van der Waals surface area contributed by atoms with Crippen LogP contribution >= 0.6 is 0 Å². The lowest BCUT2D eigenvalue weighted by Gasteiger charge is -2.27. The fourth-order valence-corrected chi connectivity index (χ4v) is 6.87. The Morgan fingerprint density at radius 2 is 1.84 bits per heavy atom. The summed E-state index contributed by atoms with van der Waals surface area (Å²) in [5.41, 5.74) is 9.57. The van der Waals surface area contributed by atoms with Crippen molar-refractivity contribution in [3.63, 3.8) is 0 Å². The number of nitrogens with one attached hydrogen (secondary N) is 1. The van der Waals surface area contributed by atoms with Crippen LogP contribution in [0.2, 0.25) is 0 Å². The maximum Gasteiger partial charge on any atom is 0.264 e. The minimum Gasteiger partial charge on any atom is -0.395 e. The molecule has 8 heteroatoms. The Morgan fingerprint density at radius 1 is 1.19 bits per heavy atom. The summed E-state index contributed by atoms with van der Waals surface area (Å²) in [5.74, 6) is 1.07. The quantitative estimate of drug-likeness (QED) is 0.436. The number of benzene rings is 2. The van der Waals surface area contributed by atoms with Gasteiger partial charge in [-0.2, -0.15) is 0 Å². The van der Waals surface area contributed by atoms with Crippen molar-refractivity contribution in [3.8, 4) is 0 Å². The number of aliphatic hydroxyl groups is 1. The van der Waals surface area contributed by atoms with E-state index < -0.39 is 10.0 Å². The fraction of sp³-hybridized carbons (Fsp3) is 0.458. The molecule has 32 heavy (non-hydrogen) atoms. The average Bonchev–Trinajstić information content (AvgIpc) is 3.25. The summed E-state index contributed by atoms with van der Waals surface area (Å²) in [6, 6.07) is 14.1. The van der Waals surface area contributed by atoms with E-state index >= 15 is 0 Å². The lowest BCUT2D eigenvalue weighted by Crippen LogP contribution is -2.38. The van der Waals surface area contributed by atoms with Gasteiger partial charge in [0, 0.05) is 25.7 Å². The number of aliphatic imine (C=N–C) groups is 1. The largest absolute Gasteiger partial charge is 0.395 e. The van der Waals surface area contributed by atoms with Crippen LogP contribution in [-0.4, -0.2) is 50.1 Å². The number of likely N-dealkylation sites (tertiary alicyclic amines) is 1. The van der Waals surface area contributed by atoms with Gasteiger partial charge >= 0.3 is 0 Å². The summed E-state index contributed by atoms with van der Waals surface area (Å²) in [6.45, 7) is 7.82. The Labute approximate surface area is 190 Å². The van der Waals surface area contributed by atoms with Crippen LogP contribution in [-0.2, 0) is 16.6 Å². The van der Waals surface area contributed by atoms with Gasteiger partial charge in [-0.15, -0.1) is 0 Å². The highest BCUT2D eigenvalue weighted by molar-refractivity contribution is 7.90. The number of aliphatic hydroxyl groups excluding tert-OH is 1. The number of sulfonamides is 1. The molecule has 1 aliphatic carbocycles. The van der Waals surface area contributed by atoms with Gasteiger partial charge in [0.1, 0.15) is 0 Å². The molecule has 1 heterocycles. The normalized spacial score (nSPS) is 25.6. The third-order valence-electron chi connectivity index (χ3n) is 6.76. The predicted octanol–water partition coefficient (Wildman–Crippen LogP) is 1.94. The Hall–Kier alpha value is -2.42. The Morgan fingerprint density at radius 3 is 2.47 bits per heavy atom. The van der Waals surface area contributed by atoms with E-state index in [9.17, 15) is 13.5 Å². The second-order valence-corrected chi connectivity index (χ2v) is 10.7. The lowest BCUT2D eigenvalue weighted by atomic mass is 10.1. The molecule has 2 fully saturated rings. The maximum absolute atomic E-state index is 12.9. The summed E-state index contributed by atoms with van der Waals surface area (Å²) in [4.78, 5) is 6.92. The van der Waals surface area contributed by atoms with Crippen molar-refractivity contribution in [2.75, 3.05) is 19.7 Å². The second kappa shape index (κ2) is 8.84. The molecule has 7 nitrogen and oxygen atoms in total. The molecule has 4 atom stereocenters. The number of nitrogens with zero attached hydrogens (tertiary/aromatic N) is 2. The number of guanidine groups is 1. The molecule has 1 saturated heterocycles. The molecular weight excluding hydrogens is 424 g/mol. The van der Waals surface area contributed by atoms with Crippen molar-refractivity contribution in [2.45, 2.75) is 38.3 Å². The molecular formula is C24H32N4O3S. The maximum atomic E-state index is 12.9. The van der Waals surface area contributed by atoms with Crippen LogP contribution in [0.4, 0.5) is 0 Å². The molecule has 0 aromatic heterocycles. The van der Waals surface area contributed by atoms with E-state index in [1.807, 2.05) is 37.3 Å². The first-order chi connectivity index (χ1) is 15.2. The summed E-state index contributed by atoms with van der Waals surface area (Å²) in [7, 11) is -3.80. The van der Waals surface area contributed by atoms with Crippen molar-refractivity contribution in [2.24, 2.45) is 28.5 Å². The van der Waals surface area contributed by atoms with Gasteiger partial charge in [0.05, 0.1) is 11.5 Å². The number of hydrogen-bond donors (Lipinski definition) is 3. The Bertz CT molecular complexity index is 1090. The molecule has 1 saturated carbocycles. The molecule has 1 aliphatic heterocycles. The minimum atomic E-state index is -3.80. The topological polar surface area (TPSA) is 108 Å². The van der Waals surface area contributed by atoms with Crippen LogP contribution in [0.1, 0.15) is 22.3 Å². The van der Waals surface area contributed by atoms with Gasteiger partial charge < -0.3 is 10.8 Å². The molecule has 2 aromatic rings. The zero-order chi connectivity index (χ0) is 23.0. The monoisotopic (exact) mass is 456 g/mol. The smallest absolute Gasteiger partial charge is 0.264 e. The van der Waals surface area contributed by atoms with Crippen LogP contribution in [0, 0.1) is 38.5 Å². The number of nitrogens with two attached hydrogens (primary N) is 1. The summed E-state index contributed by atoms with van der Waals surface area (Å²) in [5, 5.41) is 9.96. The van der Waals surface area contributed by atoms with Crippen molar-refractivity contribution in [1.29, 1.82) is 0 Å². The van der Waals surface area contributed by atoms with Crippen molar-refractivity contribution in [1.82, 2.24) is 9.62 Å². The number of rotatable bonds is 7. The van der Waals surface area contributed by atoms with E-state index in [1.165, 1.54) is 5.56 Å². The molecule has 0 amide bonds. The molecule has 0 unspecified atom stereocenters. The summed E-state index contributed by atoms with van der Waals surface area (Å²) >= 11 is 0. The van der Waals surface area contributed by atoms with E-state index in [1.54, 1.807) is 13.8 Å². The van der Waals surface area contributed by atoms with E-state index in [4.69, 9.17) is 5.73 Å². The zero-order valence-electron chi connectivity index (χ0n) is 18.8. The first-order valence-corrected chi connectivity index (χ1v) is 12.5. The van der Waals surface area contributed by atoms with Crippen LogP contribution < -0.4 is 10.5 Å². The van der Waals surface area contributed by atoms with Crippen LogP contribution in [0.3, 0.4) is 0 Å². The highest BCUT2D eigenvalue weighted by Crippen LogP contribution is 2.55. The van der Waals surface area contributed by atoms with Crippen LogP contribution in [0.25, 0.3) is 0 Å². The molecule has 2 aromatic carbocycles. The van der Waals surface area contributed by atoms with Crippen molar-refractivity contribution >= 4 is 16.0 Å². The van der Waals surface area contributed by atoms with Crippen molar-refractivity contribution in [3.05, 3.63) is 64.7 Å². The highest BCUT2D eigenvalue weighted by atomic mass is 32.2. The Balaban J connectivity index is 1.37.